The van der Waals surface area contributed by atoms with Crippen LogP contribution in [-0.4, -0.2) is 65.2 Å². The van der Waals surface area contributed by atoms with Gasteiger partial charge in [0.1, 0.15) is 5.69 Å². The molecular formula is C16H25N5OS. The van der Waals surface area contributed by atoms with Crippen LogP contribution in [0.4, 0.5) is 0 Å². The van der Waals surface area contributed by atoms with Gasteiger partial charge in [0.2, 0.25) is 0 Å². The van der Waals surface area contributed by atoms with E-state index in [9.17, 15) is 0 Å². The summed E-state index contributed by atoms with van der Waals surface area (Å²) in [6.45, 7) is 5.26. The molecule has 7 heteroatoms. The summed E-state index contributed by atoms with van der Waals surface area (Å²) in [7, 11) is 6.11. The standard InChI is InChI=1S/C16H25N5OS/c1-19(2)5-6-22-11-14-9-21(8-13-4-7-23-12-13)10-15-16(14)20(3)18-17-15/h4,7,12,14H,5-6,8-11H2,1-3H3. The minimum atomic E-state index is 0.333. The molecular weight excluding hydrogens is 310 g/mol. The second kappa shape index (κ2) is 7.53. The van der Waals surface area contributed by atoms with E-state index in [-0.39, 0.29) is 0 Å². The van der Waals surface area contributed by atoms with Crippen molar-refractivity contribution in [2.45, 2.75) is 19.0 Å². The van der Waals surface area contributed by atoms with Crippen molar-refractivity contribution in [3.63, 3.8) is 0 Å². The van der Waals surface area contributed by atoms with Crippen LogP contribution in [0.5, 0.6) is 0 Å². The third-order valence-electron chi connectivity index (χ3n) is 4.17. The van der Waals surface area contributed by atoms with Gasteiger partial charge in [-0.05, 0) is 36.5 Å². The molecule has 23 heavy (non-hydrogen) atoms. The van der Waals surface area contributed by atoms with E-state index < -0.39 is 0 Å². The van der Waals surface area contributed by atoms with E-state index in [0.29, 0.717) is 5.92 Å². The Hall–Kier alpha value is -1.28. The summed E-state index contributed by atoms with van der Waals surface area (Å²) in [4.78, 5) is 4.58. The molecule has 2 aromatic rings. The van der Waals surface area contributed by atoms with Gasteiger partial charge in [0, 0.05) is 39.1 Å². The number of likely N-dealkylation sites (N-methyl/N-ethyl adjacent to an activating group) is 1. The fraction of sp³-hybridized carbons (Fsp3) is 0.625. The molecule has 0 saturated heterocycles. The Morgan fingerprint density at radius 1 is 1.43 bits per heavy atom. The molecule has 0 bridgehead atoms. The Kier molecular flexibility index (Phi) is 5.42. The third kappa shape index (κ3) is 4.17. The second-order valence-electron chi connectivity index (χ2n) is 6.42. The van der Waals surface area contributed by atoms with Crippen molar-refractivity contribution < 1.29 is 4.74 Å². The molecule has 3 heterocycles. The number of aryl methyl sites for hydroxylation is 1. The van der Waals surface area contributed by atoms with Gasteiger partial charge in [0.25, 0.3) is 0 Å². The lowest BCUT2D eigenvalue weighted by molar-refractivity contribution is 0.0835. The highest BCUT2D eigenvalue weighted by Gasteiger charge is 2.30. The molecule has 0 saturated carbocycles. The molecule has 1 atom stereocenters. The molecule has 2 aromatic heterocycles. The predicted molar refractivity (Wildman–Crippen MR) is 91.6 cm³/mol. The lowest BCUT2D eigenvalue weighted by Crippen LogP contribution is -2.36. The van der Waals surface area contributed by atoms with Crippen molar-refractivity contribution >= 4 is 11.3 Å². The number of hydrogen-bond donors (Lipinski definition) is 0. The van der Waals surface area contributed by atoms with Crippen LogP contribution >= 0.6 is 11.3 Å². The maximum atomic E-state index is 5.91. The first-order valence-corrected chi connectivity index (χ1v) is 8.92. The average Bonchev–Trinajstić information content (AvgIpc) is 3.14. The molecule has 3 rings (SSSR count). The molecule has 6 nitrogen and oxygen atoms in total. The first-order valence-electron chi connectivity index (χ1n) is 7.98. The summed E-state index contributed by atoms with van der Waals surface area (Å²) < 4.78 is 7.83. The molecule has 0 aromatic carbocycles. The molecule has 1 aliphatic heterocycles. The first-order chi connectivity index (χ1) is 11.1. The van der Waals surface area contributed by atoms with E-state index >= 15 is 0 Å². The van der Waals surface area contributed by atoms with Gasteiger partial charge in [-0.2, -0.15) is 11.3 Å². The van der Waals surface area contributed by atoms with E-state index in [0.717, 1.165) is 45.1 Å². The highest BCUT2D eigenvalue weighted by Crippen LogP contribution is 2.28. The number of fused-ring (bicyclic) bond motifs is 1. The van der Waals surface area contributed by atoms with Crippen LogP contribution in [0.1, 0.15) is 22.9 Å². The van der Waals surface area contributed by atoms with Crippen molar-refractivity contribution in [3.8, 4) is 0 Å². The molecule has 0 aliphatic carbocycles. The van der Waals surface area contributed by atoms with Crippen LogP contribution in [0.15, 0.2) is 16.8 Å². The van der Waals surface area contributed by atoms with Gasteiger partial charge in [-0.15, -0.1) is 5.10 Å². The Balaban J connectivity index is 1.65. The maximum absolute atomic E-state index is 5.91. The van der Waals surface area contributed by atoms with Crippen LogP contribution in [-0.2, 0) is 24.9 Å². The number of hydrogen-bond acceptors (Lipinski definition) is 6. The van der Waals surface area contributed by atoms with Crippen molar-refractivity contribution in [2.24, 2.45) is 7.05 Å². The van der Waals surface area contributed by atoms with Crippen LogP contribution in [0.3, 0.4) is 0 Å². The number of thiophene rings is 1. The third-order valence-corrected chi connectivity index (χ3v) is 4.90. The number of rotatable bonds is 7. The second-order valence-corrected chi connectivity index (χ2v) is 7.20. The van der Waals surface area contributed by atoms with E-state index in [1.807, 2.05) is 11.7 Å². The Morgan fingerprint density at radius 2 is 2.30 bits per heavy atom. The highest BCUT2D eigenvalue weighted by molar-refractivity contribution is 7.07. The van der Waals surface area contributed by atoms with Gasteiger partial charge in [-0.25, -0.2) is 0 Å². The van der Waals surface area contributed by atoms with Gasteiger partial charge in [0.05, 0.1) is 18.9 Å². The van der Waals surface area contributed by atoms with E-state index in [1.165, 1.54) is 11.3 Å². The zero-order valence-corrected chi connectivity index (χ0v) is 14.9. The average molecular weight is 335 g/mol. The van der Waals surface area contributed by atoms with Crippen molar-refractivity contribution in [2.75, 3.05) is 40.4 Å². The maximum Gasteiger partial charge on any atom is 0.100 e. The van der Waals surface area contributed by atoms with Gasteiger partial charge < -0.3 is 9.64 Å². The minimum Gasteiger partial charge on any atom is -0.379 e. The monoisotopic (exact) mass is 335 g/mol. The SMILES string of the molecule is CN(C)CCOCC1CN(Cc2ccsc2)Cc2nnn(C)c21. The zero-order chi connectivity index (χ0) is 16.2. The molecule has 0 N–H and O–H groups in total. The summed E-state index contributed by atoms with van der Waals surface area (Å²) in [6.07, 6.45) is 0. The van der Waals surface area contributed by atoms with Crippen molar-refractivity contribution in [1.29, 1.82) is 0 Å². The summed E-state index contributed by atoms with van der Waals surface area (Å²) >= 11 is 1.75. The Labute approximate surface area is 141 Å². The number of ether oxygens (including phenoxy) is 1. The normalized spacial score (nSPS) is 18.5. The molecule has 0 amide bonds. The number of nitrogens with zero attached hydrogens (tertiary/aromatic N) is 5. The summed E-state index contributed by atoms with van der Waals surface area (Å²) in [5, 5.41) is 12.9. The predicted octanol–water partition coefficient (Wildman–Crippen LogP) is 1.55. The molecule has 0 fully saturated rings. The minimum absolute atomic E-state index is 0.333. The van der Waals surface area contributed by atoms with Gasteiger partial charge in [-0.1, -0.05) is 5.21 Å². The Morgan fingerprint density at radius 3 is 3.04 bits per heavy atom. The lowest BCUT2D eigenvalue weighted by atomic mass is 9.98. The molecule has 1 unspecified atom stereocenters. The smallest absolute Gasteiger partial charge is 0.100 e. The topological polar surface area (TPSA) is 46.4 Å². The fourth-order valence-electron chi connectivity index (χ4n) is 3.06. The first kappa shape index (κ1) is 16.6. The van der Waals surface area contributed by atoms with Gasteiger partial charge in [-0.3, -0.25) is 9.58 Å². The largest absolute Gasteiger partial charge is 0.379 e. The van der Waals surface area contributed by atoms with Crippen molar-refractivity contribution in [3.05, 3.63) is 33.8 Å². The summed E-state index contributed by atoms with van der Waals surface area (Å²) in [6, 6.07) is 2.19. The van der Waals surface area contributed by atoms with Crippen molar-refractivity contribution in [1.82, 2.24) is 24.8 Å². The van der Waals surface area contributed by atoms with Crippen LogP contribution in [0.2, 0.25) is 0 Å². The fourth-order valence-corrected chi connectivity index (χ4v) is 3.72. The number of aromatic nitrogens is 3. The summed E-state index contributed by atoms with van der Waals surface area (Å²) in [5.74, 6) is 0.333. The Bertz CT molecular complexity index is 610. The quantitative estimate of drug-likeness (QED) is 0.719. The van der Waals surface area contributed by atoms with Crippen LogP contribution in [0, 0.1) is 0 Å². The summed E-state index contributed by atoms with van der Waals surface area (Å²) in [5.41, 5.74) is 3.70. The van der Waals surface area contributed by atoms with Gasteiger partial charge >= 0.3 is 0 Å². The van der Waals surface area contributed by atoms with E-state index in [4.69, 9.17) is 4.74 Å². The van der Waals surface area contributed by atoms with E-state index in [1.54, 1.807) is 11.3 Å². The molecule has 0 radical (unpaired) electrons. The van der Waals surface area contributed by atoms with Gasteiger partial charge in [0.15, 0.2) is 0 Å². The lowest BCUT2D eigenvalue weighted by Gasteiger charge is -2.32. The van der Waals surface area contributed by atoms with E-state index in [2.05, 4.69) is 51.0 Å². The molecule has 126 valence electrons. The van der Waals surface area contributed by atoms with Crippen LogP contribution < -0.4 is 0 Å². The zero-order valence-electron chi connectivity index (χ0n) is 14.1. The van der Waals surface area contributed by atoms with Crippen LogP contribution in [0.25, 0.3) is 0 Å². The highest BCUT2D eigenvalue weighted by atomic mass is 32.1. The molecule has 1 aliphatic rings. The molecule has 0 spiro atoms.